The molecule has 0 amide bonds. The second kappa shape index (κ2) is 6.71. The van der Waals surface area contributed by atoms with Crippen LogP contribution in [0.3, 0.4) is 0 Å². The SMILES string of the molecule is O=C(C=Cc1cccn(-c2ccccc2)c1=O)c1ccccc1. The lowest BCUT2D eigenvalue weighted by molar-refractivity contribution is 0.104. The molecule has 1 heterocycles. The van der Waals surface area contributed by atoms with E-state index in [1.54, 1.807) is 41.1 Å². The third-order valence-electron chi connectivity index (χ3n) is 3.48. The van der Waals surface area contributed by atoms with E-state index < -0.39 is 0 Å². The van der Waals surface area contributed by atoms with E-state index in [4.69, 9.17) is 0 Å². The second-order valence-corrected chi connectivity index (χ2v) is 5.04. The largest absolute Gasteiger partial charge is 0.289 e. The molecule has 0 fully saturated rings. The highest BCUT2D eigenvalue weighted by atomic mass is 16.1. The van der Waals surface area contributed by atoms with E-state index in [1.807, 2.05) is 48.5 Å². The summed E-state index contributed by atoms with van der Waals surface area (Å²) in [5, 5.41) is 0. The summed E-state index contributed by atoms with van der Waals surface area (Å²) in [5.41, 5.74) is 1.71. The maximum atomic E-state index is 12.5. The fraction of sp³-hybridized carbons (Fsp3) is 0. The average Bonchev–Trinajstić information content (AvgIpc) is 2.62. The zero-order valence-electron chi connectivity index (χ0n) is 12.4. The molecule has 0 unspecified atom stereocenters. The maximum Gasteiger partial charge on any atom is 0.262 e. The molecule has 0 aliphatic rings. The lowest BCUT2D eigenvalue weighted by Gasteiger charge is -2.05. The smallest absolute Gasteiger partial charge is 0.262 e. The third-order valence-corrected chi connectivity index (χ3v) is 3.48. The van der Waals surface area contributed by atoms with E-state index in [2.05, 4.69) is 0 Å². The van der Waals surface area contributed by atoms with Crippen molar-refractivity contribution in [2.45, 2.75) is 0 Å². The van der Waals surface area contributed by atoms with Crippen LogP contribution in [0.4, 0.5) is 0 Å². The van der Waals surface area contributed by atoms with Crippen molar-refractivity contribution in [3.63, 3.8) is 0 Å². The van der Waals surface area contributed by atoms with Gasteiger partial charge in [-0.25, -0.2) is 0 Å². The Kier molecular flexibility index (Phi) is 4.29. The molecule has 0 spiro atoms. The number of carbonyl (C=O) groups is 1. The van der Waals surface area contributed by atoms with Crippen molar-refractivity contribution in [3.8, 4) is 5.69 Å². The van der Waals surface area contributed by atoms with Crippen LogP contribution in [0.2, 0.25) is 0 Å². The summed E-state index contributed by atoms with van der Waals surface area (Å²) in [6.45, 7) is 0. The summed E-state index contributed by atoms with van der Waals surface area (Å²) in [5.74, 6) is -0.125. The molecule has 3 aromatic rings. The highest BCUT2D eigenvalue weighted by molar-refractivity contribution is 6.06. The topological polar surface area (TPSA) is 39.1 Å². The minimum absolute atomic E-state index is 0.125. The molecular formula is C20H15NO2. The molecule has 0 saturated carbocycles. The Bertz CT molecular complexity index is 894. The predicted molar refractivity (Wildman–Crippen MR) is 91.8 cm³/mol. The Morgan fingerprint density at radius 1 is 0.826 bits per heavy atom. The molecule has 0 N–H and O–H groups in total. The normalized spacial score (nSPS) is 10.8. The molecule has 0 radical (unpaired) electrons. The van der Waals surface area contributed by atoms with Crippen LogP contribution >= 0.6 is 0 Å². The van der Waals surface area contributed by atoms with Crippen LogP contribution in [-0.4, -0.2) is 10.4 Å². The lowest BCUT2D eigenvalue weighted by Crippen LogP contribution is -2.19. The Hall–Kier alpha value is -3.20. The molecule has 3 heteroatoms. The first-order valence-electron chi connectivity index (χ1n) is 7.30. The highest BCUT2D eigenvalue weighted by Crippen LogP contribution is 2.06. The first-order chi connectivity index (χ1) is 11.3. The van der Waals surface area contributed by atoms with Gasteiger partial charge in [-0.2, -0.15) is 0 Å². The predicted octanol–water partition coefficient (Wildman–Crippen LogP) is 3.73. The van der Waals surface area contributed by atoms with Crippen LogP contribution in [0.25, 0.3) is 11.8 Å². The van der Waals surface area contributed by atoms with Gasteiger partial charge in [-0.05, 0) is 36.4 Å². The monoisotopic (exact) mass is 301 g/mol. The van der Waals surface area contributed by atoms with Crippen molar-refractivity contribution in [1.82, 2.24) is 4.57 Å². The van der Waals surface area contributed by atoms with Crippen LogP contribution in [0.15, 0.2) is 89.9 Å². The summed E-state index contributed by atoms with van der Waals surface area (Å²) in [7, 11) is 0. The molecule has 0 bridgehead atoms. The Morgan fingerprint density at radius 2 is 1.48 bits per heavy atom. The number of para-hydroxylation sites is 1. The van der Waals surface area contributed by atoms with Crippen molar-refractivity contribution in [1.29, 1.82) is 0 Å². The minimum Gasteiger partial charge on any atom is -0.289 e. The number of pyridine rings is 1. The van der Waals surface area contributed by atoms with Gasteiger partial charge in [0.15, 0.2) is 5.78 Å². The number of hydrogen-bond acceptors (Lipinski definition) is 2. The summed E-state index contributed by atoms with van der Waals surface area (Å²) in [4.78, 5) is 24.6. The lowest BCUT2D eigenvalue weighted by atomic mass is 10.1. The summed E-state index contributed by atoms with van der Waals surface area (Å²) in [6, 6.07) is 21.9. The van der Waals surface area contributed by atoms with Crippen molar-refractivity contribution >= 4 is 11.9 Å². The maximum absolute atomic E-state index is 12.5. The van der Waals surface area contributed by atoms with Crippen molar-refractivity contribution < 1.29 is 4.79 Å². The second-order valence-electron chi connectivity index (χ2n) is 5.04. The van der Waals surface area contributed by atoms with Gasteiger partial charge in [-0.3, -0.25) is 14.2 Å². The highest BCUT2D eigenvalue weighted by Gasteiger charge is 2.04. The Labute approximate surface area is 134 Å². The number of nitrogens with zero attached hydrogens (tertiary/aromatic N) is 1. The van der Waals surface area contributed by atoms with Gasteiger partial charge in [0, 0.05) is 23.0 Å². The van der Waals surface area contributed by atoms with Gasteiger partial charge < -0.3 is 0 Å². The van der Waals surface area contributed by atoms with E-state index in [0.717, 1.165) is 5.69 Å². The molecule has 1 aromatic heterocycles. The van der Waals surface area contributed by atoms with Gasteiger partial charge in [-0.1, -0.05) is 48.5 Å². The van der Waals surface area contributed by atoms with E-state index in [1.165, 1.54) is 6.08 Å². The molecule has 0 aliphatic carbocycles. The zero-order chi connectivity index (χ0) is 16.1. The first kappa shape index (κ1) is 14.7. The van der Waals surface area contributed by atoms with Crippen LogP contribution in [0.5, 0.6) is 0 Å². The van der Waals surface area contributed by atoms with Gasteiger partial charge >= 0.3 is 0 Å². The number of hydrogen-bond donors (Lipinski definition) is 0. The van der Waals surface area contributed by atoms with Crippen LogP contribution in [0.1, 0.15) is 15.9 Å². The van der Waals surface area contributed by atoms with Crippen molar-refractivity contribution in [2.75, 3.05) is 0 Å². The number of rotatable bonds is 4. The van der Waals surface area contributed by atoms with E-state index in [-0.39, 0.29) is 11.3 Å². The third kappa shape index (κ3) is 3.35. The number of aromatic nitrogens is 1. The zero-order valence-corrected chi connectivity index (χ0v) is 12.4. The standard InChI is InChI=1S/C20H15NO2/c22-19(16-8-3-1-4-9-16)14-13-17-10-7-15-21(20(17)23)18-11-5-2-6-12-18/h1-15H. The van der Waals surface area contributed by atoms with Gasteiger partial charge in [0.25, 0.3) is 5.56 Å². The van der Waals surface area contributed by atoms with Crippen molar-refractivity contribution in [3.05, 3.63) is 107 Å². The summed E-state index contributed by atoms with van der Waals surface area (Å²) in [6.07, 6.45) is 4.71. The molecule has 3 nitrogen and oxygen atoms in total. The Balaban J connectivity index is 1.91. The van der Waals surface area contributed by atoms with E-state index in [0.29, 0.717) is 11.1 Å². The fourth-order valence-corrected chi connectivity index (χ4v) is 2.29. The van der Waals surface area contributed by atoms with Gasteiger partial charge in [0.05, 0.1) is 0 Å². The Morgan fingerprint density at radius 3 is 2.17 bits per heavy atom. The molecular weight excluding hydrogens is 286 g/mol. The molecule has 0 aliphatic heterocycles. The molecule has 2 aromatic carbocycles. The molecule has 112 valence electrons. The van der Waals surface area contributed by atoms with E-state index >= 15 is 0 Å². The van der Waals surface area contributed by atoms with Gasteiger partial charge in [0.1, 0.15) is 0 Å². The number of carbonyl (C=O) groups excluding carboxylic acids is 1. The van der Waals surface area contributed by atoms with Crippen molar-refractivity contribution in [2.24, 2.45) is 0 Å². The molecule has 3 rings (SSSR count). The molecule has 0 atom stereocenters. The summed E-state index contributed by atoms with van der Waals surface area (Å²) < 4.78 is 1.56. The first-order valence-corrected chi connectivity index (χ1v) is 7.30. The number of benzene rings is 2. The molecule has 23 heavy (non-hydrogen) atoms. The average molecular weight is 301 g/mol. The van der Waals surface area contributed by atoms with Crippen LogP contribution in [0, 0.1) is 0 Å². The van der Waals surface area contributed by atoms with Gasteiger partial charge in [-0.15, -0.1) is 0 Å². The fourth-order valence-electron chi connectivity index (χ4n) is 2.29. The van der Waals surface area contributed by atoms with E-state index in [9.17, 15) is 9.59 Å². The number of ketones is 1. The quantitative estimate of drug-likeness (QED) is 0.544. The van der Waals surface area contributed by atoms with Gasteiger partial charge in [0.2, 0.25) is 0 Å². The number of allylic oxidation sites excluding steroid dienone is 1. The minimum atomic E-state index is -0.157. The van der Waals surface area contributed by atoms with Crippen LogP contribution < -0.4 is 5.56 Å². The summed E-state index contributed by atoms with van der Waals surface area (Å²) >= 11 is 0. The molecule has 0 saturated heterocycles. The van der Waals surface area contributed by atoms with Crippen LogP contribution in [-0.2, 0) is 0 Å².